The smallest absolute Gasteiger partial charge is 0.407 e. The van der Waals surface area contributed by atoms with Crippen molar-refractivity contribution in [3.63, 3.8) is 0 Å². The molecule has 2 heterocycles. The second kappa shape index (κ2) is 9.72. The topological polar surface area (TPSA) is 114 Å². The minimum atomic E-state index is -0.908. The molecule has 3 unspecified atom stereocenters. The van der Waals surface area contributed by atoms with Gasteiger partial charge in [0.05, 0.1) is 12.8 Å². The van der Waals surface area contributed by atoms with Crippen molar-refractivity contribution in [2.24, 2.45) is 11.3 Å². The highest BCUT2D eigenvalue weighted by molar-refractivity contribution is 5.85. The van der Waals surface area contributed by atoms with Crippen LogP contribution in [0.5, 0.6) is 11.5 Å². The molecule has 1 saturated heterocycles. The first kappa shape index (κ1) is 24.0. The van der Waals surface area contributed by atoms with E-state index >= 15 is 0 Å². The zero-order chi connectivity index (χ0) is 25.3. The van der Waals surface area contributed by atoms with Gasteiger partial charge in [-0.25, -0.2) is 4.79 Å². The summed E-state index contributed by atoms with van der Waals surface area (Å²) in [6.45, 7) is 3.42. The number of benzene rings is 2. The number of likely N-dealkylation sites (N-methyl/N-ethyl adjacent to an activating group) is 1. The molecule has 1 spiro atoms. The molecule has 1 aromatic heterocycles. The molecule has 3 aromatic rings. The van der Waals surface area contributed by atoms with Gasteiger partial charge in [0.1, 0.15) is 29.3 Å². The van der Waals surface area contributed by atoms with Gasteiger partial charge in [-0.05, 0) is 66.6 Å². The van der Waals surface area contributed by atoms with Gasteiger partial charge in [0.2, 0.25) is 5.91 Å². The molecular formula is C27H31N3O6. The summed E-state index contributed by atoms with van der Waals surface area (Å²) in [7, 11) is 1.61. The fourth-order valence-corrected chi connectivity index (χ4v) is 5.98. The Kier molecular flexibility index (Phi) is 6.47. The van der Waals surface area contributed by atoms with Crippen molar-refractivity contribution in [3.05, 3.63) is 54.4 Å². The van der Waals surface area contributed by atoms with Crippen molar-refractivity contribution < 1.29 is 28.7 Å². The van der Waals surface area contributed by atoms with E-state index in [1.807, 2.05) is 43.3 Å². The van der Waals surface area contributed by atoms with Crippen LogP contribution in [0.25, 0.3) is 10.8 Å². The summed E-state index contributed by atoms with van der Waals surface area (Å²) >= 11 is 0. The molecule has 2 fully saturated rings. The first-order chi connectivity index (χ1) is 17.4. The Labute approximate surface area is 209 Å². The second-order valence-corrected chi connectivity index (χ2v) is 9.63. The van der Waals surface area contributed by atoms with Gasteiger partial charge >= 0.3 is 6.09 Å². The molecule has 2 N–H and O–H groups in total. The van der Waals surface area contributed by atoms with Gasteiger partial charge in [0, 0.05) is 32.1 Å². The van der Waals surface area contributed by atoms with E-state index in [0.29, 0.717) is 38.3 Å². The molecule has 0 radical (unpaired) electrons. The van der Waals surface area contributed by atoms with Gasteiger partial charge in [-0.3, -0.25) is 4.79 Å². The Morgan fingerprint density at radius 3 is 2.53 bits per heavy atom. The number of ether oxygens (including phenoxy) is 2. The van der Waals surface area contributed by atoms with E-state index in [2.05, 4.69) is 10.5 Å². The van der Waals surface area contributed by atoms with Crippen LogP contribution in [-0.4, -0.2) is 60.0 Å². The molecule has 2 aliphatic rings. The third-order valence-corrected chi connectivity index (χ3v) is 7.78. The maximum absolute atomic E-state index is 13.1. The van der Waals surface area contributed by atoms with Gasteiger partial charge in [-0.1, -0.05) is 17.3 Å². The van der Waals surface area contributed by atoms with Gasteiger partial charge in [-0.15, -0.1) is 0 Å². The van der Waals surface area contributed by atoms with Crippen molar-refractivity contribution in [1.82, 2.24) is 15.4 Å². The first-order valence-electron chi connectivity index (χ1n) is 12.4. The molecule has 1 saturated carbocycles. The Morgan fingerprint density at radius 2 is 1.89 bits per heavy atom. The van der Waals surface area contributed by atoms with E-state index in [4.69, 9.17) is 14.0 Å². The summed E-state index contributed by atoms with van der Waals surface area (Å²) in [5, 5.41) is 18.2. The van der Waals surface area contributed by atoms with Crippen molar-refractivity contribution in [2.75, 3.05) is 26.7 Å². The molecule has 1 aliphatic carbocycles. The van der Waals surface area contributed by atoms with E-state index in [-0.39, 0.29) is 23.3 Å². The number of hydrogen-bond donors (Lipinski definition) is 2. The number of carboxylic acid groups (broad SMARTS) is 1. The lowest BCUT2D eigenvalue weighted by Gasteiger charge is -2.59. The fraction of sp³-hybridized carbons (Fsp3) is 0.444. The Balaban J connectivity index is 1.45. The number of nitrogens with one attached hydrogen (secondary N) is 1. The second-order valence-electron chi connectivity index (χ2n) is 9.63. The van der Waals surface area contributed by atoms with Gasteiger partial charge in [-0.2, -0.15) is 0 Å². The van der Waals surface area contributed by atoms with Crippen LogP contribution in [0, 0.1) is 11.3 Å². The molecule has 190 valence electrons. The minimum Gasteiger partial charge on any atom is -0.494 e. The highest BCUT2D eigenvalue weighted by Gasteiger charge is 2.61. The lowest BCUT2D eigenvalue weighted by molar-refractivity contribution is -0.152. The predicted molar refractivity (Wildman–Crippen MR) is 132 cm³/mol. The third kappa shape index (κ3) is 4.34. The van der Waals surface area contributed by atoms with Crippen LogP contribution in [-0.2, 0) is 4.79 Å². The summed E-state index contributed by atoms with van der Waals surface area (Å²) in [5.74, 6) is 1.08. The number of amides is 2. The number of nitrogens with zero attached hydrogens (tertiary/aromatic N) is 2. The lowest BCUT2D eigenvalue weighted by Crippen LogP contribution is -2.62. The number of fused-ring (bicyclic) bond motifs is 1. The summed E-state index contributed by atoms with van der Waals surface area (Å²) < 4.78 is 17.7. The Hall–Kier alpha value is -3.75. The molecule has 2 amide bonds. The molecule has 2 aromatic carbocycles. The van der Waals surface area contributed by atoms with E-state index in [9.17, 15) is 14.7 Å². The lowest BCUT2D eigenvalue weighted by atomic mass is 9.49. The van der Waals surface area contributed by atoms with Crippen molar-refractivity contribution in [2.45, 2.75) is 38.2 Å². The third-order valence-electron chi connectivity index (χ3n) is 7.78. The quantitative estimate of drug-likeness (QED) is 0.505. The van der Waals surface area contributed by atoms with Crippen LogP contribution in [0.3, 0.4) is 0 Å². The normalized spacial score (nSPS) is 21.6. The first-order valence-corrected chi connectivity index (χ1v) is 12.4. The van der Waals surface area contributed by atoms with Crippen molar-refractivity contribution in [1.29, 1.82) is 0 Å². The van der Waals surface area contributed by atoms with Crippen molar-refractivity contribution >= 4 is 22.8 Å². The van der Waals surface area contributed by atoms with E-state index in [1.165, 1.54) is 4.90 Å². The minimum absolute atomic E-state index is 0.162. The number of hydrogen-bond acceptors (Lipinski definition) is 6. The molecule has 36 heavy (non-hydrogen) atoms. The van der Waals surface area contributed by atoms with Gasteiger partial charge in [0.15, 0.2) is 0 Å². The number of aromatic nitrogens is 1. The predicted octanol–water partition coefficient (Wildman–Crippen LogP) is 4.28. The highest BCUT2D eigenvalue weighted by atomic mass is 16.5. The van der Waals surface area contributed by atoms with Crippen LogP contribution in [0.15, 0.2) is 53.2 Å². The van der Waals surface area contributed by atoms with Crippen LogP contribution in [0.1, 0.15) is 37.9 Å². The van der Waals surface area contributed by atoms with Crippen LogP contribution < -0.4 is 14.8 Å². The van der Waals surface area contributed by atoms with E-state index in [1.54, 1.807) is 19.3 Å². The maximum Gasteiger partial charge on any atom is 0.407 e. The number of likely N-dealkylation sites (tertiary alicyclic amines) is 1. The van der Waals surface area contributed by atoms with E-state index in [0.717, 1.165) is 28.7 Å². The molecule has 3 atom stereocenters. The highest BCUT2D eigenvalue weighted by Crippen LogP contribution is 2.60. The van der Waals surface area contributed by atoms with Gasteiger partial charge in [0.25, 0.3) is 0 Å². The SMILES string of the molecule is CCOc1ccc2ccc(OC3CC4(CCN(C(=O)O)CC4)C3C(C(=O)NC)c3ccno3)cc2c1. The van der Waals surface area contributed by atoms with Gasteiger partial charge < -0.3 is 29.3 Å². The standard InChI is InChI=1S/C27H31N3O6/c1-3-34-19-6-4-17-5-7-20(15-18(17)14-19)35-22-16-27(9-12-30(13-10-27)26(32)33)24(22)23(25(31)28-2)21-8-11-29-36-21/h4-8,11,14-15,22-24H,3,9-10,12-13,16H2,1-2H3,(H,28,31)(H,32,33). The van der Waals surface area contributed by atoms with Crippen LogP contribution in [0.2, 0.25) is 0 Å². The van der Waals surface area contributed by atoms with Crippen LogP contribution in [0.4, 0.5) is 4.79 Å². The van der Waals surface area contributed by atoms with E-state index < -0.39 is 12.0 Å². The monoisotopic (exact) mass is 493 g/mol. The number of carbonyl (C=O) groups is 2. The largest absolute Gasteiger partial charge is 0.494 e. The number of carbonyl (C=O) groups excluding carboxylic acids is 1. The average molecular weight is 494 g/mol. The maximum atomic E-state index is 13.1. The van der Waals surface area contributed by atoms with Crippen molar-refractivity contribution in [3.8, 4) is 11.5 Å². The molecule has 9 nitrogen and oxygen atoms in total. The zero-order valence-corrected chi connectivity index (χ0v) is 20.5. The molecular weight excluding hydrogens is 462 g/mol. The Bertz CT molecular complexity index is 1240. The summed E-state index contributed by atoms with van der Waals surface area (Å²) in [4.78, 5) is 26.1. The summed E-state index contributed by atoms with van der Waals surface area (Å²) in [5.41, 5.74) is -0.223. The van der Waals surface area contributed by atoms with Crippen LogP contribution >= 0.6 is 0 Å². The number of piperidine rings is 1. The average Bonchev–Trinajstić information content (AvgIpc) is 3.41. The fourth-order valence-electron chi connectivity index (χ4n) is 5.98. The molecule has 0 bridgehead atoms. The summed E-state index contributed by atoms with van der Waals surface area (Å²) in [6.07, 6.45) is 2.47. The molecule has 9 heteroatoms. The summed E-state index contributed by atoms with van der Waals surface area (Å²) in [6, 6.07) is 13.6. The number of rotatable bonds is 7. The molecule has 1 aliphatic heterocycles. The Morgan fingerprint density at radius 1 is 1.17 bits per heavy atom. The zero-order valence-electron chi connectivity index (χ0n) is 20.5. The molecule has 5 rings (SSSR count).